The highest BCUT2D eigenvalue weighted by atomic mass is 19.1. The van der Waals surface area contributed by atoms with Crippen LogP contribution >= 0.6 is 0 Å². The van der Waals surface area contributed by atoms with Gasteiger partial charge >= 0.3 is 0 Å². The number of benzene rings is 2. The molecule has 136 valence electrons. The quantitative estimate of drug-likeness (QED) is 0.684. The second-order valence-corrected chi connectivity index (χ2v) is 6.77. The van der Waals surface area contributed by atoms with E-state index in [-0.39, 0.29) is 23.5 Å². The highest BCUT2D eigenvalue weighted by molar-refractivity contribution is 6.09. The summed E-state index contributed by atoms with van der Waals surface area (Å²) in [5.74, 6) is -0.535. The molecule has 27 heavy (non-hydrogen) atoms. The number of nitrogens with one attached hydrogen (secondary N) is 2. The highest BCUT2D eigenvalue weighted by Crippen LogP contribution is 2.30. The Morgan fingerprint density at radius 3 is 2.52 bits per heavy atom. The zero-order chi connectivity index (χ0) is 18.8. The summed E-state index contributed by atoms with van der Waals surface area (Å²) < 4.78 is 13.4. The zero-order valence-electron chi connectivity index (χ0n) is 14.7. The molecule has 1 heterocycles. The van der Waals surface area contributed by atoms with Crippen LogP contribution in [0.15, 0.2) is 60.9 Å². The monoisotopic (exact) mass is 362 g/mol. The fourth-order valence-corrected chi connectivity index (χ4v) is 3.58. The number of hydrogen-bond donors (Lipinski definition) is 2. The minimum Gasteiger partial charge on any atom is -0.367 e. The lowest BCUT2D eigenvalue weighted by molar-refractivity contribution is 0.0931. The maximum absolute atomic E-state index is 13.4. The fraction of sp³-hybridized carbons (Fsp3) is 0.182. The lowest BCUT2D eigenvalue weighted by Crippen LogP contribution is -2.31. The van der Waals surface area contributed by atoms with E-state index in [1.807, 2.05) is 0 Å². The van der Waals surface area contributed by atoms with Gasteiger partial charge in [0.1, 0.15) is 5.82 Å². The molecule has 1 aliphatic rings. The van der Waals surface area contributed by atoms with E-state index in [1.165, 1.54) is 6.07 Å². The summed E-state index contributed by atoms with van der Waals surface area (Å²) in [6, 6.07) is 13.0. The predicted octanol–water partition coefficient (Wildman–Crippen LogP) is 4.19. The molecule has 1 amide bonds. The van der Waals surface area contributed by atoms with Gasteiger partial charge in [-0.1, -0.05) is 18.2 Å². The number of halogens is 1. The van der Waals surface area contributed by atoms with Crippen LogP contribution in [0.1, 0.15) is 56.3 Å². The van der Waals surface area contributed by atoms with Gasteiger partial charge in [-0.25, -0.2) is 4.39 Å². The largest absolute Gasteiger partial charge is 0.367 e. The third-order valence-corrected chi connectivity index (χ3v) is 4.99. The molecule has 4 rings (SSSR count). The SMILES string of the molecule is O=C(N[C@H]1CCCc2cc(F)ccc21)c1ccc(C(=O)c2cc[nH]c2)cc1. The van der Waals surface area contributed by atoms with Gasteiger partial charge in [0.2, 0.25) is 0 Å². The van der Waals surface area contributed by atoms with Crippen molar-refractivity contribution in [1.82, 2.24) is 10.3 Å². The molecule has 3 aromatic rings. The lowest BCUT2D eigenvalue weighted by atomic mass is 9.87. The van der Waals surface area contributed by atoms with Crippen molar-refractivity contribution in [2.24, 2.45) is 0 Å². The van der Waals surface area contributed by atoms with Gasteiger partial charge in [-0.15, -0.1) is 0 Å². The molecule has 1 aliphatic carbocycles. The Morgan fingerprint density at radius 2 is 1.78 bits per heavy atom. The van der Waals surface area contributed by atoms with Crippen molar-refractivity contribution in [1.29, 1.82) is 0 Å². The minimum atomic E-state index is -0.247. The summed E-state index contributed by atoms with van der Waals surface area (Å²) in [4.78, 5) is 27.8. The Labute approximate surface area is 156 Å². The van der Waals surface area contributed by atoms with Gasteiger partial charge in [-0.2, -0.15) is 0 Å². The maximum atomic E-state index is 13.4. The Morgan fingerprint density at radius 1 is 1.00 bits per heavy atom. The van der Waals surface area contributed by atoms with Crippen LogP contribution < -0.4 is 5.32 Å². The minimum absolute atomic E-state index is 0.0913. The molecule has 2 N–H and O–H groups in total. The smallest absolute Gasteiger partial charge is 0.251 e. The Kier molecular flexibility index (Phi) is 4.59. The zero-order valence-corrected chi connectivity index (χ0v) is 14.7. The van der Waals surface area contributed by atoms with E-state index in [2.05, 4.69) is 10.3 Å². The van der Waals surface area contributed by atoms with Crippen LogP contribution in [0.2, 0.25) is 0 Å². The van der Waals surface area contributed by atoms with Gasteiger partial charge in [-0.3, -0.25) is 9.59 Å². The van der Waals surface area contributed by atoms with Crippen LogP contribution in [-0.4, -0.2) is 16.7 Å². The number of aryl methyl sites for hydroxylation is 1. The first-order valence-electron chi connectivity index (χ1n) is 8.98. The molecule has 0 saturated carbocycles. The standard InChI is InChI=1S/C22H19FN2O2/c23-18-8-9-19-16(12-18)2-1-3-20(19)25-22(27)15-6-4-14(5-7-15)21(26)17-10-11-24-13-17/h4-13,20,24H,1-3H2,(H,25,27)/t20-/m0/s1. The van der Waals surface area contributed by atoms with E-state index >= 15 is 0 Å². The van der Waals surface area contributed by atoms with Crippen LogP contribution in [0.25, 0.3) is 0 Å². The molecular formula is C22H19FN2O2. The van der Waals surface area contributed by atoms with Crippen LogP contribution in [0.5, 0.6) is 0 Å². The summed E-state index contributed by atoms with van der Waals surface area (Å²) >= 11 is 0. The van der Waals surface area contributed by atoms with E-state index in [0.717, 1.165) is 30.4 Å². The van der Waals surface area contributed by atoms with Crippen molar-refractivity contribution in [3.63, 3.8) is 0 Å². The predicted molar refractivity (Wildman–Crippen MR) is 100 cm³/mol. The summed E-state index contributed by atoms with van der Waals surface area (Å²) in [6.07, 6.45) is 5.91. The van der Waals surface area contributed by atoms with Gasteiger partial charge in [0.05, 0.1) is 6.04 Å². The normalized spacial score (nSPS) is 15.8. The number of carbonyl (C=O) groups excluding carboxylic acids is 2. The molecule has 0 radical (unpaired) electrons. The first-order valence-corrected chi connectivity index (χ1v) is 8.98. The second kappa shape index (κ2) is 7.19. The average molecular weight is 362 g/mol. The van der Waals surface area contributed by atoms with Crippen molar-refractivity contribution in [3.05, 3.63) is 94.6 Å². The van der Waals surface area contributed by atoms with Crippen LogP contribution in [-0.2, 0) is 6.42 Å². The highest BCUT2D eigenvalue weighted by Gasteiger charge is 2.22. The Balaban J connectivity index is 1.49. The van der Waals surface area contributed by atoms with Gasteiger partial charge in [-0.05, 0) is 60.7 Å². The molecule has 0 spiro atoms. The molecule has 1 aromatic heterocycles. The summed E-state index contributed by atoms with van der Waals surface area (Å²) in [5.41, 5.74) is 3.55. The van der Waals surface area contributed by atoms with Crippen molar-refractivity contribution >= 4 is 11.7 Å². The van der Waals surface area contributed by atoms with E-state index in [9.17, 15) is 14.0 Å². The molecule has 5 heteroatoms. The number of fused-ring (bicyclic) bond motifs is 1. The number of amides is 1. The maximum Gasteiger partial charge on any atom is 0.251 e. The summed E-state index contributed by atoms with van der Waals surface area (Å²) in [6.45, 7) is 0. The first-order chi connectivity index (χ1) is 13.1. The number of H-pyrrole nitrogens is 1. The third-order valence-electron chi connectivity index (χ3n) is 4.99. The van der Waals surface area contributed by atoms with Crippen molar-refractivity contribution < 1.29 is 14.0 Å². The number of aromatic nitrogens is 1. The molecule has 4 nitrogen and oxygen atoms in total. The molecule has 0 bridgehead atoms. The lowest BCUT2D eigenvalue weighted by Gasteiger charge is -2.26. The summed E-state index contributed by atoms with van der Waals surface area (Å²) in [7, 11) is 0. The molecule has 0 unspecified atom stereocenters. The molecule has 0 fully saturated rings. The van der Waals surface area contributed by atoms with Crippen molar-refractivity contribution in [2.75, 3.05) is 0 Å². The Hall–Kier alpha value is -3.21. The molecule has 1 atom stereocenters. The van der Waals surface area contributed by atoms with Gasteiger partial charge in [0, 0.05) is 29.1 Å². The molecule has 2 aromatic carbocycles. The van der Waals surface area contributed by atoms with Crippen LogP contribution in [0.3, 0.4) is 0 Å². The van der Waals surface area contributed by atoms with Crippen LogP contribution in [0.4, 0.5) is 4.39 Å². The van der Waals surface area contributed by atoms with E-state index in [1.54, 1.807) is 54.9 Å². The molecule has 0 aliphatic heterocycles. The topological polar surface area (TPSA) is 62.0 Å². The molecule has 0 saturated heterocycles. The van der Waals surface area contributed by atoms with E-state index < -0.39 is 0 Å². The van der Waals surface area contributed by atoms with E-state index in [0.29, 0.717) is 16.7 Å². The number of hydrogen-bond acceptors (Lipinski definition) is 2. The summed E-state index contributed by atoms with van der Waals surface area (Å²) in [5, 5.41) is 3.04. The first kappa shape index (κ1) is 17.2. The number of rotatable bonds is 4. The third kappa shape index (κ3) is 3.53. The number of ketones is 1. The van der Waals surface area contributed by atoms with Crippen molar-refractivity contribution in [2.45, 2.75) is 25.3 Å². The molecular weight excluding hydrogens is 343 g/mol. The van der Waals surface area contributed by atoms with Gasteiger partial charge in [0.25, 0.3) is 5.91 Å². The van der Waals surface area contributed by atoms with Gasteiger partial charge in [0.15, 0.2) is 5.78 Å². The second-order valence-electron chi connectivity index (χ2n) is 6.77. The fourth-order valence-electron chi connectivity index (χ4n) is 3.58. The number of aromatic amines is 1. The average Bonchev–Trinajstić information content (AvgIpc) is 3.22. The van der Waals surface area contributed by atoms with Gasteiger partial charge < -0.3 is 10.3 Å². The van der Waals surface area contributed by atoms with Crippen molar-refractivity contribution in [3.8, 4) is 0 Å². The van der Waals surface area contributed by atoms with Crippen LogP contribution in [0, 0.1) is 5.82 Å². The number of carbonyl (C=O) groups is 2. The van der Waals surface area contributed by atoms with E-state index in [4.69, 9.17) is 0 Å². The Bertz CT molecular complexity index is 978.